The van der Waals surface area contributed by atoms with Gasteiger partial charge in [0.2, 0.25) is 11.5 Å². The molecule has 0 amide bonds. The number of halogens is 2. The van der Waals surface area contributed by atoms with Gasteiger partial charge in [0.05, 0.1) is 26.9 Å². The lowest BCUT2D eigenvalue weighted by Gasteiger charge is -2.14. The molecule has 0 unspecified atom stereocenters. The monoisotopic (exact) mass is 500 g/mol. The SMILES string of the molecule is COc1ccc(/C=C2\Oc3cc(OCc4c(Cl)cccc4Cl)cc(C)c3C2=O)c(OC)c1OC. The van der Waals surface area contributed by atoms with Crippen LogP contribution in [0.2, 0.25) is 10.0 Å². The van der Waals surface area contributed by atoms with Crippen LogP contribution in [0.5, 0.6) is 28.7 Å². The molecule has 0 aliphatic carbocycles. The van der Waals surface area contributed by atoms with Crippen LogP contribution in [0.25, 0.3) is 6.08 Å². The summed E-state index contributed by atoms with van der Waals surface area (Å²) in [5, 5.41) is 1.04. The van der Waals surface area contributed by atoms with E-state index in [1.165, 1.54) is 21.3 Å². The zero-order valence-electron chi connectivity index (χ0n) is 19.0. The minimum absolute atomic E-state index is 0.162. The smallest absolute Gasteiger partial charge is 0.232 e. The molecular formula is C26H22Cl2O6. The molecule has 4 rings (SSSR count). The van der Waals surface area contributed by atoms with E-state index in [2.05, 4.69) is 0 Å². The molecule has 3 aromatic carbocycles. The highest BCUT2D eigenvalue weighted by atomic mass is 35.5. The first-order valence-electron chi connectivity index (χ1n) is 10.3. The molecule has 0 radical (unpaired) electrons. The van der Waals surface area contributed by atoms with Crippen LogP contribution in [-0.4, -0.2) is 27.1 Å². The summed E-state index contributed by atoms with van der Waals surface area (Å²) in [4.78, 5) is 13.1. The third kappa shape index (κ3) is 4.39. The van der Waals surface area contributed by atoms with Crippen molar-refractivity contribution in [3.05, 3.63) is 80.5 Å². The standard InChI is InChI=1S/C26H22Cl2O6/c1-14-10-16(33-13-17-18(27)6-5-7-19(17)28)12-21-23(14)24(29)22(34-21)11-15-8-9-20(30-2)26(32-4)25(15)31-3/h5-12H,13H2,1-4H3/b22-11-. The molecule has 0 saturated heterocycles. The van der Waals surface area contributed by atoms with Crippen molar-refractivity contribution in [1.82, 2.24) is 0 Å². The van der Waals surface area contributed by atoms with Gasteiger partial charge in [0.25, 0.3) is 0 Å². The van der Waals surface area contributed by atoms with Gasteiger partial charge in [-0.1, -0.05) is 29.3 Å². The number of rotatable bonds is 7. The molecule has 0 spiro atoms. The van der Waals surface area contributed by atoms with Crippen LogP contribution < -0.4 is 23.7 Å². The van der Waals surface area contributed by atoms with Crippen LogP contribution in [-0.2, 0) is 6.61 Å². The Morgan fingerprint density at radius 1 is 0.941 bits per heavy atom. The maximum Gasteiger partial charge on any atom is 0.232 e. The Balaban J connectivity index is 1.63. The number of ether oxygens (including phenoxy) is 5. The normalized spacial score (nSPS) is 13.5. The van der Waals surface area contributed by atoms with Crippen LogP contribution in [0.1, 0.15) is 27.0 Å². The van der Waals surface area contributed by atoms with E-state index in [1.54, 1.807) is 48.5 Å². The van der Waals surface area contributed by atoms with Gasteiger partial charge >= 0.3 is 0 Å². The summed E-state index contributed by atoms with van der Waals surface area (Å²) >= 11 is 12.5. The van der Waals surface area contributed by atoms with E-state index >= 15 is 0 Å². The van der Waals surface area contributed by atoms with E-state index < -0.39 is 0 Å². The van der Waals surface area contributed by atoms with Crippen LogP contribution in [0.15, 0.2) is 48.2 Å². The maximum atomic E-state index is 13.1. The number of aryl methyl sites for hydroxylation is 1. The Morgan fingerprint density at radius 2 is 1.65 bits per heavy atom. The average molecular weight is 501 g/mol. The molecule has 1 aliphatic heterocycles. The maximum absolute atomic E-state index is 13.1. The van der Waals surface area contributed by atoms with Crippen molar-refractivity contribution in [2.45, 2.75) is 13.5 Å². The summed E-state index contributed by atoms with van der Waals surface area (Å²) in [6.45, 7) is 2.01. The fourth-order valence-corrected chi connectivity index (χ4v) is 4.27. The summed E-state index contributed by atoms with van der Waals surface area (Å²) in [6, 6.07) is 12.2. The van der Waals surface area contributed by atoms with Gasteiger partial charge in [-0.2, -0.15) is 0 Å². The lowest BCUT2D eigenvalue weighted by atomic mass is 10.0. The predicted octanol–water partition coefficient (Wildman–Crippen LogP) is 6.52. The van der Waals surface area contributed by atoms with Crippen molar-refractivity contribution in [2.24, 2.45) is 0 Å². The van der Waals surface area contributed by atoms with Gasteiger partial charge < -0.3 is 23.7 Å². The minimum atomic E-state index is -0.231. The summed E-state index contributed by atoms with van der Waals surface area (Å²) in [5.74, 6) is 2.24. The number of allylic oxidation sites excluding steroid dienone is 1. The van der Waals surface area contributed by atoms with E-state index in [9.17, 15) is 4.79 Å². The van der Waals surface area contributed by atoms with Gasteiger partial charge in [-0.3, -0.25) is 4.79 Å². The average Bonchev–Trinajstić information content (AvgIpc) is 3.13. The second kappa shape index (κ2) is 9.87. The fourth-order valence-electron chi connectivity index (χ4n) is 3.77. The summed E-state index contributed by atoms with van der Waals surface area (Å²) in [5.41, 5.74) is 2.50. The highest BCUT2D eigenvalue weighted by Gasteiger charge is 2.31. The molecule has 0 N–H and O–H groups in total. The largest absolute Gasteiger partial charge is 0.493 e. The molecule has 176 valence electrons. The molecule has 0 saturated carbocycles. The zero-order valence-corrected chi connectivity index (χ0v) is 20.5. The van der Waals surface area contributed by atoms with Crippen LogP contribution in [0.3, 0.4) is 0 Å². The number of ketones is 1. The Hall–Kier alpha value is -3.35. The van der Waals surface area contributed by atoms with Crippen molar-refractivity contribution in [3.8, 4) is 28.7 Å². The molecule has 0 aromatic heterocycles. The summed E-state index contributed by atoms with van der Waals surface area (Å²) < 4.78 is 28.1. The topological polar surface area (TPSA) is 63.2 Å². The van der Waals surface area contributed by atoms with Crippen molar-refractivity contribution < 1.29 is 28.5 Å². The molecule has 8 heteroatoms. The van der Waals surface area contributed by atoms with Crippen molar-refractivity contribution in [3.63, 3.8) is 0 Å². The van der Waals surface area contributed by atoms with Crippen LogP contribution >= 0.6 is 23.2 Å². The number of benzene rings is 3. The number of methoxy groups -OCH3 is 3. The zero-order chi connectivity index (χ0) is 24.4. The number of fused-ring (bicyclic) bond motifs is 1. The molecule has 1 aliphatic rings. The second-order valence-corrected chi connectivity index (χ2v) is 8.28. The van der Waals surface area contributed by atoms with Gasteiger partial charge in [-0.05, 0) is 48.9 Å². The third-order valence-corrected chi connectivity index (χ3v) is 6.12. The first-order chi connectivity index (χ1) is 16.4. The molecule has 0 bridgehead atoms. The molecular weight excluding hydrogens is 479 g/mol. The first-order valence-corrected chi connectivity index (χ1v) is 11.1. The lowest BCUT2D eigenvalue weighted by Crippen LogP contribution is -2.01. The Morgan fingerprint density at radius 3 is 2.29 bits per heavy atom. The number of carbonyl (C=O) groups is 1. The van der Waals surface area contributed by atoms with Gasteiger partial charge in [0, 0.05) is 27.2 Å². The number of hydrogen-bond acceptors (Lipinski definition) is 6. The number of carbonyl (C=O) groups excluding carboxylic acids is 1. The highest BCUT2D eigenvalue weighted by molar-refractivity contribution is 6.35. The first kappa shape index (κ1) is 23.8. The van der Waals surface area contributed by atoms with Gasteiger partial charge in [0.1, 0.15) is 18.1 Å². The van der Waals surface area contributed by atoms with Gasteiger partial charge in [-0.15, -0.1) is 0 Å². The predicted molar refractivity (Wildman–Crippen MR) is 131 cm³/mol. The van der Waals surface area contributed by atoms with Gasteiger partial charge in [-0.25, -0.2) is 0 Å². The quantitative estimate of drug-likeness (QED) is 0.344. The van der Waals surface area contributed by atoms with Crippen molar-refractivity contribution in [1.29, 1.82) is 0 Å². The summed E-state index contributed by atoms with van der Waals surface area (Å²) in [7, 11) is 4.58. The van der Waals surface area contributed by atoms with Crippen LogP contribution in [0, 0.1) is 6.92 Å². The second-order valence-electron chi connectivity index (χ2n) is 7.47. The Kier molecular flexibility index (Phi) is 6.91. The lowest BCUT2D eigenvalue weighted by molar-refractivity contribution is 0.101. The minimum Gasteiger partial charge on any atom is -0.493 e. The van der Waals surface area contributed by atoms with Gasteiger partial charge in [0.15, 0.2) is 17.3 Å². The molecule has 1 heterocycles. The fraction of sp³-hybridized carbons (Fsp3) is 0.192. The third-order valence-electron chi connectivity index (χ3n) is 5.41. The number of hydrogen-bond donors (Lipinski definition) is 0. The Labute approximate surface area is 207 Å². The molecule has 6 nitrogen and oxygen atoms in total. The molecule has 34 heavy (non-hydrogen) atoms. The molecule has 0 fully saturated rings. The van der Waals surface area contributed by atoms with E-state index in [1.807, 2.05) is 6.92 Å². The van der Waals surface area contributed by atoms with E-state index in [-0.39, 0.29) is 18.1 Å². The van der Waals surface area contributed by atoms with Crippen molar-refractivity contribution >= 4 is 35.1 Å². The summed E-state index contributed by atoms with van der Waals surface area (Å²) in [6.07, 6.45) is 1.62. The molecule has 0 atom stereocenters. The number of Topliss-reactive ketones (excluding diaryl/α,β-unsaturated/α-hetero) is 1. The highest BCUT2D eigenvalue weighted by Crippen LogP contribution is 2.43. The van der Waals surface area contributed by atoms with E-state index in [0.717, 1.165) is 5.56 Å². The van der Waals surface area contributed by atoms with Crippen LogP contribution in [0.4, 0.5) is 0 Å². The van der Waals surface area contributed by atoms with E-state index in [0.29, 0.717) is 55.5 Å². The Bertz CT molecular complexity index is 1280. The van der Waals surface area contributed by atoms with Crippen molar-refractivity contribution in [2.75, 3.05) is 21.3 Å². The van der Waals surface area contributed by atoms with E-state index in [4.69, 9.17) is 46.9 Å². The molecule has 3 aromatic rings.